The Kier molecular flexibility index (Phi) is 3.10. The monoisotopic (exact) mass is 318 g/mol. The largest absolute Gasteiger partial charge is 0.128 e. The molecular formula is C13H16BrClS. The zero-order valence-electron chi connectivity index (χ0n) is 9.22. The first-order valence-electron chi connectivity index (χ1n) is 6.02. The Labute approximate surface area is 115 Å². The average molecular weight is 320 g/mol. The van der Waals surface area contributed by atoms with Crippen LogP contribution >= 0.6 is 38.9 Å². The van der Waals surface area contributed by atoms with E-state index in [1.54, 1.807) is 11.3 Å². The maximum Gasteiger partial charge on any atom is 0.0931 e. The second-order valence-corrected chi connectivity index (χ2v) is 7.82. The lowest BCUT2D eigenvalue weighted by atomic mass is 9.72. The summed E-state index contributed by atoms with van der Waals surface area (Å²) in [5.74, 6) is 1.97. The molecule has 0 saturated heterocycles. The van der Waals surface area contributed by atoms with Crippen LogP contribution in [0.2, 0.25) is 4.34 Å². The van der Waals surface area contributed by atoms with Crippen molar-refractivity contribution in [3.8, 4) is 0 Å². The minimum atomic E-state index is 0.539. The van der Waals surface area contributed by atoms with Crippen molar-refractivity contribution in [3.05, 3.63) is 21.3 Å². The molecule has 0 aromatic carbocycles. The van der Waals surface area contributed by atoms with Crippen LogP contribution in [0.15, 0.2) is 12.1 Å². The molecule has 0 nitrogen and oxygen atoms in total. The fraction of sp³-hybridized carbons (Fsp3) is 0.692. The van der Waals surface area contributed by atoms with Crippen LogP contribution in [0.3, 0.4) is 0 Å². The van der Waals surface area contributed by atoms with Crippen LogP contribution in [0.5, 0.6) is 0 Å². The van der Waals surface area contributed by atoms with E-state index in [1.807, 2.05) is 6.07 Å². The van der Waals surface area contributed by atoms with Crippen molar-refractivity contribution in [2.75, 3.05) is 5.33 Å². The maximum atomic E-state index is 6.02. The number of fused-ring (bicyclic) bond motifs is 2. The Balaban J connectivity index is 1.81. The summed E-state index contributed by atoms with van der Waals surface area (Å²) < 4.78 is 0.933. The average Bonchev–Trinajstić information content (AvgIpc) is 2.94. The third kappa shape index (κ3) is 1.87. The van der Waals surface area contributed by atoms with Crippen molar-refractivity contribution >= 4 is 38.9 Å². The highest BCUT2D eigenvalue weighted by Gasteiger charge is 2.50. The number of rotatable bonds is 3. The van der Waals surface area contributed by atoms with Crippen LogP contribution in [0.1, 0.15) is 30.6 Å². The third-order valence-corrected chi connectivity index (χ3v) is 6.87. The molecule has 3 heteroatoms. The first-order valence-corrected chi connectivity index (χ1v) is 8.34. The summed E-state index contributed by atoms with van der Waals surface area (Å²) in [7, 11) is 0. The summed E-state index contributed by atoms with van der Waals surface area (Å²) in [4.78, 5) is 1.47. The van der Waals surface area contributed by atoms with Crippen LogP contribution < -0.4 is 0 Å². The number of alkyl halides is 1. The molecule has 2 saturated carbocycles. The molecule has 1 aromatic heterocycles. The Morgan fingerprint density at radius 2 is 2.31 bits per heavy atom. The SMILES string of the molecule is Clc1ccc(CC2(CBr)CC3CCC2C3)s1. The van der Waals surface area contributed by atoms with E-state index in [9.17, 15) is 0 Å². The zero-order valence-corrected chi connectivity index (χ0v) is 12.4. The normalized spacial score (nSPS) is 37.1. The Bertz CT molecular complexity index is 389. The second-order valence-electron chi connectivity index (χ2n) is 5.46. The smallest absolute Gasteiger partial charge is 0.0931 e. The first kappa shape index (κ1) is 11.6. The number of hydrogen-bond acceptors (Lipinski definition) is 1. The quantitative estimate of drug-likeness (QED) is 0.676. The third-order valence-electron chi connectivity index (χ3n) is 4.52. The molecule has 1 aromatic rings. The van der Waals surface area contributed by atoms with Gasteiger partial charge in [0.15, 0.2) is 0 Å². The van der Waals surface area contributed by atoms with Gasteiger partial charge in [-0.15, -0.1) is 11.3 Å². The van der Waals surface area contributed by atoms with Gasteiger partial charge in [-0.2, -0.15) is 0 Å². The molecule has 0 radical (unpaired) electrons. The molecule has 0 spiro atoms. The molecule has 1 heterocycles. The van der Waals surface area contributed by atoms with Gasteiger partial charge in [0, 0.05) is 10.2 Å². The molecule has 2 bridgehead atoms. The summed E-state index contributed by atoms with van der Waals surface area (Å²) in [5.41, 5.74) is 0.539. The molecule has 2 fully saturated rings. The molecular weight excluding hydrogens is 304 g/mol. The Morgan fingerprint density at radius 1 is 1.44 bits per heavy atom. The van der Waals surface area contributed by atoms with Gasteiger partial charge in [0.05, 0.1) is 4.34 Å². The highest BCUT2D eigenvalue weighted by Crippen LogP contribution is 2.58. The van der Waals surface area contributed by atoms with Gasteiger partial charge in [-0.3, -0.25) is 0 Å². The summed E-state index contributed by atoms with van der Waals surface area (Å²) in [6, 6.07) is 4.25. The first-order chi connectivity index (χ1) is 7.72. The summed E-state index contributed by atoms with van der Waals surface area (Å²) in [5, 5.41) is 1.16. The fourth-order valence-electron chi connectivity index (χ4n) is 3.78. The predicted octanol–water partition coefficient (Wildman–Crippen LogP) is 5.15. The van der Waals surface area contributed by atoms with Gasteiger partial charge in [-0.1, -0.05) is 34.0 Å². The predicted molar refractivity (Wildman–Crippen MR) is 74.7 cm³/mol. The van der Waals surface area contributed by atoms with Gasteiger partial charge in [0.2, 0.25) is 0 Å². The standard InChI is InChI=1S/C13H16BrClS/c14-8-13(6-9-1-2-10(13)5-9)7-11-3-4-12(15)16-11/h3-4,9-10H,1-2,5-8H2. The molecule has 2 aliphatic rings. The zero-order chi connectivity index (χ0) is 11.2. The molecule has 3 unspecified atom stereocenters. The van der Waals surface area contributed by atoms with E-state index in [-0.39, 0.29) is 0 Å². The lowest BCUT2D eigenvalue weighted by Crippen LogP contribution is -2.31. The lowest BCUT2D eigenvalue weighted by molar-refractivity contribution is 0.198. The number of hydrogen-bond donors (Lipinski definition) is 0. The highest BCUT2D eigenvalue weighted by molar-refractivity contribution is 9.09. The van der Waals surface area contributed by atoms with Gasteiger partial charge >= 0.3 is 0 Å². The van der Waals surface area contributed by atoms with Crippen LogP contribution in [0, 0.1) is 17.3 Å². The minimum Gasteiger partial charge on any atom is -0.128 e. The molecule has 0 aliphatic heterocycles. The van der Waals surface area contributed by atoms with Gasteiger partial charge in [0.1, 0.15) is 0 Å². The van der Waals surface area contributed by atoms with Crippen molar-refractivity contribution in [2.45, 2.75) is 32.1 Å². The molecule has 0 amide bonds. The Morgan fingerprint density at radius 3 is 2.81 bits per heavy atom. The van der Waals surface area contributed by atoms with Gasteiger partial charge in [0.25, 0.3) is 0 Å². The van der Waals surface area contributed by atoms with Crippen molar-refractivity contribution in [3.63, 3.8) is 0 Å². The van der Waals surface area contributed by atoms with Crippen molar-refractivity contribution in [2.24, 2.45) is 17.3 Å². The summed E-state index contributed by atoms with van der Waals surface area (Å²) in [6.07, 6.45) is 7.07. The van der Waals surface area contributed by atoms with E-state index in [1.165, 1.54) is 37.0 Å². The van der Waals surface area contributed by atoms with Crippen molar-refractivity contribution in [1.29, 1.82) is 0 Å². The van der Waals surface area contributed by atoms with E-state index in [0.717, 1.165) is 21.5 Å². The second kappa shape index (κ2) is 4.29. The van der Waals surface area contributed by atoms with E-state index < -0.39 is 0 Å². The molecule has 16 heavy (non-hydrogen) atoms. The van der Waals surface area contributed by atoms with Crippen molar-refractivity contribution in [1.82, 2.24) is 0 Å². The van der Waals surface area contributed by atoms with E-state index in [2.05, 4.69) is 22.0 Å². The van der Waals surface area contributed by atoms with Gasteiger partial charge in [-0.05, 0) is 55.1 Å². The topological polar surface area (TPSA) is 0 Å². The van der Waals surface area contributed by atoms with Crippen molar-refractivity contribution < 1.29 is 0 Å². The fourth-order valence-corrected chi connectivity index (χ4v) is 5.91. The van der Waals surface area contributed by atoms with Crippen LogP contribution in [-0.2, 0) is 6.42 Å². The highest BCUT2D eigenvalue weighted by atomic mass is 79.9. The maximum absolute atomic E-state index is 6.02. The lowest BCUT2D eigenvalue weighted by Gasteiger charge is -2.36. The van der Waals surface area contributed by atoms with E-state index in [0.29, 0.717) is 5.41 Å². The number of thiophene rings is 1. The van der Waals surface area contributed by atoms with Gasteiger partial charge in [-0.25, -0.2) is 0 Å². The Hall–Kier alpha value is 0.470. The molecule has 3 atom stereocenters. The number of halogens is 2. The summed E-state index contributed by atoms with van der Waals surface area (Å²) in [6.45, 7) is 0. The van der Waals surface area contributed by atoms with Crippen LogP contribution in [-0.4, -0.2) is 5.33 Å². The van der Waals surface area contributed by atoms with E-state index >= 15 is 0 Å². The molecule has 3 rings (SSSR count). The van der Waals surface area contributed by atoms with Gasteiger partial charge < -0.3 is 0 Å². The molecule has 2 aliphatic carbocycles. The molecule has 88 valence electrons. The van der Waals surface area contributed by atoms with Crippen LogP contribution in [0.25, 0.3) is 0 Å². The summed E-state index contributed by atoms with van der Waals surface area (Å²) >= 11 is 11.6. The van der Waals surface area contributed by atoms with Crippen LogP contribution in [0.4, 0.5) is 0 Å². The van der Waals surface area contributed by atoms with E-state index in [4.69, 9.17) is 11.6 Å². The molecule has 0 N–H and O–H groups in total. The minimum absolute atomic E-state index is 0.539.